The molecule has 1 amide bonds. The molecule has 8 nitrogen and oxygen atoms in total. The van der Waals surface area contributed by atoms with Crippen LogP contribution in [0.4, 0.5) is 5.00 Å². The Morgan fingerprint density at radius 2 is 1.88 bits per heavy atom. The van der Waals surface area contributed by atoms with Crippen LogP contribution in [0.25, 0.3) is 0 Å². The van der Waals surface area contributed by atoms with Gasteiger partial charge in [-0.2, -0.15) is 0 Å². The maximum atomic E-state index is 12.8. The van der Waals surface area contributed by atoms with Gasteiger partial charge in [0.2, 0.25) is 0 Å². The first-order valence-electron chi connectivity index (χ1n) is 10.4. The molecule has 0 saturated carbocycles. The zero-order chi connectivity index (χ0) is 24.8. The van der Waals surface area contributed by atoms with Crippen molar-refractivity contribution in [3.8, 4) is 5.75 Å². The van der Waals surface area contributed by atoms with E-state index in [0.717, 1.165) is 16.9 Å². The first-order valence-corrected chi connectivity index (χ1v) is 11.6. The van der Waals surface area contributed by atoms with Crippen LogP contribution < -0.4 is 10.1 Å². The Bertz CT molecular complexity index is 1210. The largest absolute Gasteiger partial charge is 0.486 e. The lowest BCUT2D eigenvalue weighted by molar-refractivity contribution is 0.0506. The van der Waals surface area contributed by atoms with Crippen molar-refractivity contribution in [3.63, 3.8) is 0 Å². The van der Waals surface area contributed by atoms with Gasteiger partial charge < -0.3 is 23.9 Å². The minimum atomic E-state index is -0.632. The fraction of sp³-hybridized carbons (Fsp3) is 0.292. The number of benzene rings is 1. The number of methoxy groups -OCH3 is 1. The van der Waals surface area contributed by atoms with Crippen molar-refractivity contribution < 1.29 is 33.0 Å². The molecule has 0 atom stereocenters. The minimum absolute atomic E-state index is 0.0180. The van der Waals surface area contributed by atoms with E-state index in [1.165, 1.54) is 13.2 Å². The first kappa shape index (κ1) is 25.3. The van der Waals surface area contributed by atoms with Crippen LogP contribution in [0.1, 0.15) is 60.8 Å². The third kappa shape index (κ3) is 5.78. The second-order valence-corrected chi connectivity index (χ2v) is 8.74. The van der Waals surface area contributed by atoms with Crippen LogP contribution in [0.2, 0.25) is 5.02 Å². The van der Waals surface area contributed by atoms with Crippen LogP contribution in [0.5, 0.6) is 5.75 Å². The van der Waals surface area contributed by atoms with E-state index in [4.69, 9.17) is 30.2 Å². The number of ether oxygens (including phenoxy) is 3. The van der Waals surface area contributed by atoms with Crippen LogP contribution >= 0.6 is 22.9 Å². The summed E-state index contributed by atoms with van der Waals surface area (Å²) in [6, 6.07) is 8.40. The zero-order valence-electron chi connectivity index (χ0n) is 19.2. The summed E-state index contributed by atoms with van der Waals surface area (Å²) >= 11 is 6.96. The quantitative estimate of drug-likeness (QED) is 0.366. The molecule has 0 aliphatic carbocycles. The number of carbonyl (C=O) groups excluding carboxylic acids is 3. The molecule has 180 valence electrons. The summed E-state index contributed by atoms with van der Waals surface area (Å²) in [6.45, 7) is 5.65. The van der Waals surface area contributed by atoms with Crippen LogP contribution in [0.15, 0.2) is 34.7 Å². The number of amides is 1. The Kier molecular flexibility index (Phi) is 8.36. The minimum Gasteiger partial charge on any atom is -0.486 e. The van der Waals surface area contributed by atoms with Gasteiger partial charge in [0.25, 0.3) is 5.91 Å². The third-order valence-corrected chi connectivity index (χ3v) is 6.39. The molecule has 0 unspecified atom stereocenters. The summed E-state index contributed by atoms with van der Waals surface area (Å²) in [5.41, 5.74) is 1.37. The number of anilines is 1. The SMILES string of the molecule is CCCOC(=O)c1c(NC(=O)c2ccc(COc3ccc(Cl)c(C)c3)o2)sc(C(=O)OC)c1C. The van der Waals surface area contributed by atoms with E-state index in [0.29, 0.717) is 28.5 Å². The molecular formula is C24H24ClNO7S. The van der Waals surface area contributed by atoms with Gasteiger partial charge in [0.05, 0.1) is 19.3 Å². The predicted molar refractivity (Wildman–Crippen MR) is 128 cm³/mol. The number of esters is 2. The first-order chi connectivity index (χ1) is 16.2. The molecule has 3 rings (SSSR count). The standard InChI is InChI=1S/C24H24ClNO7S/c1-5-10-31-23(28)19-14(3)20(24(29)30-4)34-22(19)26-21(27)18-9-7-16(33-18)12-32-15-6-8-17(25)13(2)11-15/h6-9,11H,5,10,12H2,1-4H3,(H,26,27). The van der Waals surface area contributed by atoms with Crippen molar-refractivity contribution in [3.05, 3.63) is 68.4 Å². The molecule has 1 N–H and O–H groups in total. The summed E-state index contributed by atoms with van der Waals surface area (Å²) in [4.78, 5) is 37.7. The smallest absolute Gasteiger partial charge is 0.348 e. The summed E-state index contributed by atoms with van der Waals surface area (Å²) < 4.78 is 21.3. The molecule has 10 heteroatoms. The van der Waals surface area contributed by atoms with Crippen LogP contribution in [-0.4, -0.2) is 31.6 Å². The van der Waals surface area contributed by atoms with Gasteiger partial charge in [-0.3, -0.25) is 4.79 Å². The van der Waals surface area contributed by atoms with Gasteiger partial charge in [-0.15, -0.1) is 11.3 Å². The Balaban J connectivity index is 1.76. The van der Waals surface area contributed by atoms with Crippen molar-refractivity contribution in [1.29, 1.82) is 0 Å². The van der Waals surface area contributed by atoms with E-state index in [2.05, 4.69) is 5.32 Å². The van der Waals surface area contributed by atoms with E-state index in [1.54, 1.807) is 31.2 Å². The summed E-state index contributed by atoms with van der Waals surface area (Å²) in [5, 5.41) is 3.46. The van der Waals surface area contributed by atoms with Crippen LogP contribution in [0, 0.1) is 13.8 Å². The van der Waals surface area contributed by atoms with E-state index in [1.807, 2.05) is 13.8 Å². The lowest BCUT2D eigenvalue weighted by Crippen LogP contribution is -2.14. The number of furan rings is 1. The van der Waals surface area contributed by atoms with Crippen molar-refractivity contribution >= 4 is 45.8 Å². The van der Waals surface area contributed by atoms with Gasteiger partial charge in [0.15, 0.2) is 5.76 Å². The van der Waals surface area contributed by atoms with E-state index < -0.39 is 17.8 Å². The average molecular weight is 506 g/mol. The van der Waals surface area contributed by atoms with Gasteiger partial charge in [-0.05, 0) is 61.7 Å². The molecule has 0 aliphatic heterocycles. The maximum Gasteiger partial charge on any atom is 0.348 e. The molecule has 0 fully saturated rings. The average Bonchev–Trinajstić information content (AvgIpc) is 3.42. The van der Waals surface area contributed by atoms with Crippen molar-refractivity contribution in [2.45, 2.75) is 33.8 Å². The molecule has 1 aromatic carbocycles. The topological polar surface area (TPSA) is 104 Å². The highest BCUT2D eigenvalue weighted by Gasteiger charge is 2.28. The molecule has 0 spiro atoms. The van der Waals surface area contributed by atoms with Gasteiger partial charge in [0, 0.05) is 5.02 Å². The molecule has 0 radical (unpaired) electrons. The predicted octanol–water partition coefficient (Wildman–Crippen LogP) is 5.80. The second kappa shape index (κ2) is 11.2. The van der Waals surface area contributed by atoms with Crippen LogP contribution in [0.3, 0.4) is 0 Å². The number of rotatable bonds is 9. The number of carbonyl (C=O) groups is 3. The van der Waals surface area contributed by atoms with Crippen LogP contribution in [-0.2, 0) is 16.1 Å². The lowest BCUT2D eigenvalue weighted by atomic mass is 10.1. The second-order valence-electron chi connectivity index (χ2n) is 7.31. The Labute approximate surface area is 205 Å². The Morgan fingerprint density at radius 1 is 1.12 bits per heavy atom. The summed E-state index contributed by atoms with van der Waals surface area (Å²) in [6.07, 6.45) is 0.632. The fourth-order valence-electron chi connectivity index (χ4n) is 3.01. The summed E-state index contributed by atoms with van der Waals surface area (Å²) in [5.74, 6) is -0.766. The molecule has 0 aliphatic rings. The number of halogens is 1. The number of hydrogen-bond donors (Lipinski definition) is 1. The maximum absolute atomic E-state index is 12.8. The van der Waals surface area contributed by atoms with Crippen molar-refractivity contribution in [2.24, 2.45) is 0 Å². The number of hydrogen-bond acceptors (Lipinski definition) is 8. The molecule has 34 heavy (non-hydrogen) atoms. The lowest BCUT2D eigenvalue weighted by Gasteiger charge is -2.07. The van der Waals surface area contributed by atoms with E-state index in [9.17, 15) is 14.4 Å². The monoisotopic (exact) mass is 505 g/mol. The third-order valence-electron chi connectivity index (χ3n) is 4.78. The van der Waals surface area contributed by atoms with Gasteiger partial charge in [-0.25, -0.2) is 9.59 Å². The molecule has 2 aromatic heterocycles. The summed E-state index contributed by atoms with van der Waals surface area (Å²) in [7, 11) is 1.24. The molecule has 2 heterocycles. The number of nitrogens with one attached hydrogen (secondary N) is 1. The number of aryl methyl sites for hydroxylation is 1. The van der Waals surface area contributed by atoms with Crippen molar-refractivity contribution in [1.82, 2.24) is 0 Å². The highest BCUT2D eigenvalue weighted by molar-refractivity contribution is 7.18. The normalized spacial score (nSPS) is 10.6. The molecule has 0 saturated heterocycles. The van der Waals surface area contributed by atoms with E-state index in [-0.39, 0.29) is 34.4 Å². The van der Waals surface area contributed by atoms with Crippen molar-refractivity contribution in [2.75, 3.05) is 19.0 Å². The zero-order valence-corrected chi connectivity index (χ0v) is 20.7. The number of thiophene rings is 1. The van der Waals surface area contributed by atoms with E-state index >= 15 is 0 Å². The van der Waals surface area contributed by atoms with Gasteiger partial charge in [-0.1, -0.05) is 18.5 Å². The Morgan fingerprint density at radius 3 is 2.56 bits per heavy atom. The Hall–Kier alpha value is -3.30. The highest BCUT2D eigenvalue weighted by Crippen LogP contribution is 2.34. The van der Waals surface area contributed by atoms with Gasteiger partial charge in [0.1, 0.15) is 28.0 Å². The fourth-order valence-corrected chi connectivity index (χ4v) is 4.23. The molecular weight excluding hydrogens is 482 g/mol. The molecule has 0 bridgehead atoms. The van der Waals surface area contributed by atoms with Gasteiger partial charge >= 0.3 is 11.9 Å². The highest BCUT2D eigenvalue weighted by atomic mass is 35.5. The molecule has 3 aromatic rings.